The van der Waals surface area contributed by atoms with Gasteiger partial charge in [0.05, 0.1) is 0 Å². The van der Waals surface area contributed by atoms with E-state index in [0.29, 0.717) is 6.04 Å². The van der Waals surface area contributed by atoms with E-state index in [-0.39, 0.29) is 0 Å². The van der Waals surface area contributed by atoms with Crippen LogP contribution in [0.5, 0.6) is 0 Å². The van der Waals surface area contributed by atoms with Crippen molar-refractivity contribution in [2.24, 2.45) is 0 Å². The molecule has 0 saturated heterocycles. The second-order valence-electron chi connectivity index (χ2n) is 1.82. The first kappa shape index (κ1) is 7.31. The maximum atomic E-state index is 2.21. The average molecular weight is 119 g/mol. The summed E-state index contributed by atoms with van der Waals surface area (Å²) in [7, 11) is 2.09. The highest BCUT2D eigenvalue weighted by Gasteiger charge is 1.96. The van der Waals surface area contributed by atoms with Crippen molar-refractivity contribution in [2.75, 3.05) is 13.3 Å². The predicted octanol–water partition coefficient (Wildman–Crippen LogP) is 1.60. The Kier molecular flexibility index (Phi) is 3.48. The minimum Gasteiger partial charge on any atom is -0.251 e. The van der Waals surface area contributed by atoms with E-state index in [4.69, 9.17) is 0 Å². The first-order valence-corrected chi connectivity index (χ1v) is 3.63. The molecule has 0 rings (SSSR count). The molecule has 0 aromatic heterocycles. The molecule has 0 aromatic rings. The van der Waals surface area contributed by atoms with Gasteiger partial charge in [0, 0.05) is 6.04 Å². The van der Waals surface area contributed by atoms with Crippen LogP contribution in [0.4, 0.5) is 0 Å². The summed E-state index contributed by atoms with van der Waals surface area (Å²) in [4.78, 5) is 0. The number of rotatable bonds is 2. The lowest BCUT2D eigenvalue weighted by atomic mass is 10.4. The van der Waals surface area contributed by atoms with E-state index in [0.717, 1.165) is 0 Å². The molecule has 0 heterocycles. The second-order valence-corrected chi connectivity index (χ2v) is 2.76. The summed E-state index contributed by atoms with van der Waals surface area (Å²) in [5.41, 5.74) is 0. The third kappa shape index (κ3) is 2.94. The molecule has 0 aliphatic heterocycles. The van der Waals surface area contributed by atoms with Crippen molar-refractivity contribution in [3.8, 4) is 0 Å². The second kappa shape index (κ2) is 3.33. The smallest absolute Gasteiger partial charge is 0.0142 e. The molecule has 0 amide bonds. The van der Waals surface area contributed by atoms with Gasteiger partial charge in [0.15, 0.2) is 0 Å². The van der Waals surface area contributed by atoms with Crippen LogP contribution in [0.25, 0.3) is 0 Å². The molecule has 0 bridgehead atoms. The lowest BCUT2D eigenvalue weighted by Gasteiger charge is -2.16. The van der Waals surface area contributed by atoms with Crippen molar-refractivity contribution in [1.29, 1.82) is 0 Å². The van der Waals surface area contributed by atoms with E-state index in [1.165, 1.54) is 0 Å². The number of hydrogen-bond donors (Lipinski definition) is 0. The molecule has 0 aliphatic rings. The van der Waals surface area contributed by atoms with Crippen LogP contribution in [0, 0.1) is 0 Å². The molecule has 0 atom stereocenters. The van der Waals surface area contributed by atoms with Crippen LogP contribution in [0.2, 0.25) is 0 Å². The van der Waals surface area contributed by atoms with Crippen LogP contribution in [0.3, 0.4) is 0 Å². The van der Waals surface area contributed by atoms with Crippen molar-refractivity contribution >= 4 is 11.9 Å². The van der Waals surface area contributed by atoms with Gasteiger partial charge in [-0.05, 0) is 27.2 Å². The standard InChI is InChI=1S/C5H13NS/c1-5(2)6(3)7-4/h5H,1-4H3. The molecule has 0 aliphatic carbocycles. The van der Waals surface area contributed by atoms with Crippen molar-refractivity contribution in [3.63, 3.8) is 0 Å². The summed E-state index contributed by atoms with van der Waals surface area (Å²) in [5.74, 6) is 0. The molecule has 1 nitrogen and oxygen atoms in total. The molecule has 0 fully saturated rings. The SMILES string of the molecule is CSN(C)C(C)C. The third-order valence-corrected chi connectivity index (χ3v) is 2.01. The highest BCUT2D eigenvalue weighted by atomic mass is 32.2. The van der Waals surface area contributed by atoms with Gasteiger partial charge in [0.2, 0.25) is 0 Å². The molecule has 0 saturated carbocycles. The van der Waals surface area contributed by atoms with Gasteiger partial charge in [-0.3, -0.25) is 4.31 Å². The first-order valence-electron chi connectivity index (χ1n) is 2.45. The van der Waals surface area contributed by atoms with Gasteiger partial charge in [-0.1, -0.05) is 11.9 Å². The summed E-state index contributed by atoms with van der Waals surface area (Å²) in [5, 5.41) is 0. The summed E-state index contributed by atoms with van der Waals surface area (Å²) in [6, 6.07) is 0.662. The zero-order valence-electron chi connectivity index (χ0n) is 5.43. The van der Waals surface area contributed by atoms with E-state index in [9.17, 15) is 0 Å². The molecule has 0 spiro atoms. The topological polar surface area (TPSA) is 3.24 Å². The summed E-state index contributed by atoms with van der Waals surface area (Å²) in [6.45, 7) is 4.35. The molecule has 0 N–H and O–H groups in total. The lowest BCUT2D eigenvalue weighted by molar-refractivity contribution is 0.470. The van der Waals surface area contributed by atoms with Crippen LogP contribution in [-0.4, -0.2) is 23.7 Å². The molecule has 44 valence electrons. The molecule has 0 unspecified atom stereocenters. The van der Waals surface area contributed by atoms with E-state index < -0.39 is 0 Å². The van der Waals surface area contributed by atoms with Crippen LogP contribution >= 0.6 is 11.9 Å². The number of hydrogen-bond acceptors (Lipinski definition) is 2. The summed E-state index contributed by atoms with van der Waals surface area (Å²) < 4.78 is 2.21. The van der Waals surface area contributed by atoms with Gasteiger partial charge in [0.25, 0.3) is 0 Å². The Hall–Kier alpha value is 0.310. The Labute approximate surface area is 50.2 Å². The fraction of sp³-hybridized carbons (Fsp3) is 1.00. The van der Waals surface area contributed by atoms with E-state index in [1.54, 1.807) is 11.9 Å². The van der Waals surface area contributed by atoms with E-state index >= 15 is 0 Å². The average Bonchev–Trinajstić information content (AvgIpc) is 1.65. The molecule has 2 heteroatoms. The van der Waals surface area contributed by atoms with Gasteiger partial charge >= 0.3 is 0 Å². The molecular formula is C5H13NS. The summed E-state index contributed by atoms with van der Waals surface area (Å²) >= 11 is 1.77. The third-order valence-electron chi connectivity index (χ3n) is 1.02. The van der Waals surface area contributed by atoms with Crippen LogP contribution in [-0.2, 0) is 0 Å². The maximum Gasteiger partial charge on any atom is 0.0142 e. The van der Waals surface area contributed by atoms with Gasteiger partial charge < -0.3 is 0 Å². The monoisotopic (exact) mass is 119 g/mol. The Morgan fingerprint density at radius 3 is 1.86 bits per heavy atom. The minimum absolute atomic E-state index is 0.662. The van der Waals surface area contributed by atoms with Crippen molar-refractivity contribution in [3.05, 3.63) is 0 Å². The Bertz CT molecular complexity index is 45.3. The quantitative estimate of drug-likeness (QED) is 0.508. The fourth-order valence-electron chi connectivity index (χ4n) is 0.211. The minimum atomic E-state index is 0.662. The Morgan fingerprint density at radius 1 is 1.43 bits per heavy atom. The predicted molar refractivity (Wildman–Crippen MR) is 36.4 cm³/mol. The lowest BCUT2D eigenvalue weighted by Crippen LogP contribution is -2.17. The normalized spacial score (nSPS) is 11.1. The van der Waals surface area contributed by atoms with Crippen molar-refractivity contribution in [1.82, 2.24) is 4.31 Å². The Morgan fingerprint density at radius 2 is 1.86 bits per heavy atom. The largest absolute Gasteiger partial charge is 0.251 e. The zero-order chi connectivity index (χ0) is 5.86. The van der Waals surface area contributed by atoms with E-state index in [2.05, 4.69) is 31.5 Å². The maximum absolute atomic E-state index is 2.21. The van der Waals surface area contributed by atoms with Gasteiger partial charge in [-0.25, -0.2) is 0 Å². The van der Waals surface area contributed by atoms with Crippen molar-refractivity contribution < 1.29 is 0 Å². The van der Waals surface area contributed by atoms with Gasteiger partial charge in [-0.2, -0.15) is 0 Å². The summed E-state index contributed by atoms with van der Waals surface area (Å²) in [6.07, 6.45) is 2.08. The van der Waals surface area contributed by atoms with Gasteiger partial charge in [-0.15, -0.1) is 0 Å². The number of nitrogens with zero attached hydrogens (tertiary/aromatic N) is 1. The molecule has 0 radical (unpaired) electrons. The van der Waals surface area contributed by atoms with Crippen LogP contribution in [0.1, 0.15) is 13.8 Å². The zero-order valence-corrected chi connectivity index (χ0v) is 6.25. The molecule has 0 aromatic carbocycles. The highest BCUT2D eigenvalue weighted by molar-refractivity contribution is 7.96. The van der Waals surface area contributed by atoms with Crippen LogP contribution < -0.4 is 0 Å². The van der Waals surface area contributed by atoms with Gasteiger partial charge in [0.1, 0.15) is 0 Å². The van der Waals surface area contributed by atoms with Crippen LogP contribution in [0.15, 0.2) is 0 Å². The molecular weight excluding hydrogens is 106 g/mol. The van der Waals surface area contributed by atoms with E-state index in [1.807, 2.05) is 0 Å². The first-order chi connectivity index (χ1) is 3.18. The fourth-order valence-corrected chi connectivity index (χ4v) is 0.632. The highest BCUT2D eigenvalue weighted by Crippen LogP contribution is 2.04. The molecule has 7 heavy (non-hydrogen) atoms. The Balaban J connectivity index is 3.14. The van der Waals surface area contributed by atoms with Crippen molar-refractivity contribution in [2.45, 2.75) is 19.9 Å².